The summed E-state index contributed by atoms with van der Waals surface area (Å²) in [6.07, 6.45) is -3.79. The molecule has 0 aliphatic carbocycles. The molecule has 0 bridgehead atoms. The van der Waals surface area contributed by atoms with Crippen LogP contribution in [0.3, 0.4) is 0 Å². The molecule has 14 heteroatoms. The fourth-order valence-electron chi connectivity index (χ4n) is 5.05. The van der Waals surface area contributed by atoms with Crippen molar-refractivity contribution in [1.29, 1.82) is 5.41 Å². The summed E-state index contributed by atoms with van der Waals surface area (Å²) in [5.41, 5.74) is 8.38. The number of nitrogens with zero attached hydrogens (tertiary/aromatic N) is 4. The van der Waals surface area contributed by atoms with Crippen LogP contribution in [0, 0.1) is 5.41 Å². The number of fused-ring (bicyclic) bond motifs is 1. The number of nitrogens with two attached hydrogens (primary N) is 1. The molecule has 4 aromatic rings. The maximum absolute atomic E-state index is 12.5. The third-order valence-electron chi connectivity index (χ3n) is 7.14. The molecule has 1 amide bonds. The summed E-state index contributed by atoms with van der Waals surface area (Å²) < 4.78 is 7.32. The van der Waals surface area contributed by atoms with E-state index >= 15 is 0 Å². The summed E-state index contributed by atoms with van der Waals surface area (Å²) in [5, 5.41) is 40.7. The van der Waals surface area contributed by atoms with Crippen molar-refractivity contribution in [1.82, 2.24) is 30.2 Å². The lowest BCUT2D eigenvalue weighted by atomic mass is 9.91. The molecule has 226 valence electrons. The van der Waals surface area contributed by atoms with E-state index in [1.807, 2.05) is 36.4 Å². The van der Waals surface area contributed by atoms with Crippen LogP contribution in [0.25, 0.3) is 11.2 Å². The average Bonchev–Trinajstić information content (AvgIpc) is 3.56. The number of ether oxygens (including phenoxy) is 1. The Balaban J connectivity index is 1.48. The van der Waals surface area contributed by atoms with Gasteiger partial charge in [0.1, 0.15) is 12.2 Å². The van der Waals surface area contributed by atoms with Crippen LogP contribution in [0.4, 0.5) is 11.8 Å². The number of amides is 1. The normalized spacial score (nSPS) is 19.8. The number of hydrogen-bond acceptors (Lipinski definition) is 10. The van der Waals surface area contributed by atoms with Gasteiger partial charge in [-0.15, -0.1) is 0 Å². The predicted octanol–water partition coefficient (Wildman–Crippen LogP) is 0.721. The van der Waals surface area contributed by atoms with Crippen molar-refractivity contribution >= 4 is 34.8 Å². The van der Waals surface area contributed by atoms with Crippen LogP contribution >= 0.6 is 0 Å². The number of imidazole rings is 1. The lowest BCUT2D eigenvalue weighted by molar-refractivity contribution is -0.137. The molecule has 1 fully saturated rings. The molecule has 43 heavy (non-hydrogen) atoms. The molecule has 3 heterocycles. The Morgan fingerprint density at radius 1 is 1.00 bits per heavy atom. The summed E-state index contributed by atoms with van der Waals surface area (Å²) in [5.74, 6) is 0.0196. The second kappa shape index (κ2) is 13.5. The molecule has 0 spiro atoms. The van der Waals surface area contributed by atoms with Crippen molar-refractivity contribution in [3.63, 3.8) is 0 Å². The minimum absolute atomic E-state index is 0.00125. The minimum Gasteiger partial charge on any atom is -0.387 e. The number of rotatable bonds is 12. The Hall–Kier alpha value is -4.79. The third kappa shape index (κ3) is 6.66. The van der Waals surface area contributed by atoms with Gasteiger partial charge in [0.15, 0.2) is 35.3 Å². The van der Waals surface area contributed by atoms with Crippen LogP contribution in [0.5, 0.6) is 0 Å². The zero-order chi connectivity index (χ0) is 30.3. The van der Waals surface area contributed by atoms with Crippen LogP contribution in [0.1, 0.15) is 30.2 Å². The molecule has 0 saturated carbocycles. The van der Waals surface area contributed by atoms with Crippen molar-refractivity contribution in [3.8, 4) is 0 Å². The first-order valence-corrected chi connectivity index (χ1v) is 14.1. The topological polar surface area (TPSA) is 208 Å². The second-order valence-electron chi connectivity index (χ2n) is 10.1. The molecule has 0 unspecified atom stereocenters. The number of aliphatic hydroxyl groups excluding tert-OH is 2. The van der Waals surface area contributed by atoms with Crippen molar-refractivity contribution in [2.24, 2.45) is 5.73 Å². The van der Waals surface area contributed by atoms with E-state index in [0.29, 0.717) is 43.2 Å². The summed E-state index contributed by atoms with van der Waals surface area (Å²) in [7, 11) is 0. The number of aromatic nitrogens is 4. The molecule has 2 aromatic carbocycles. The van der Waals surface area contributed by atoms with E-state index < -0.39 is 30.4 Å². The SMILES string of the molecule is CCNC(=O)[C@H]1O[C@@H](n2cnc3c(NCC(c4ccccc4)c4ccccc4)nc(NCCNC(=N)N)nc32)[C@H](O)[C@@H]1O. The van der Waals surface area contributed by atoms with Gasteiger partial charge in [0.25, 0.3) is 5.91 Å². The lowest BCUT2D eigenvalue weighted by Gasteiger charge is -2.20. The highest BCUT2D eigenvalue weighted by atomic mass is 16.6. The number of carbonyl (C=O) groups excluding carboxylic acids is 1. The first-order valence-electron chi connectivity index (χ1n) is 14.1. The van der Waals surface area contributed by atoms with Gasteiger partial charge in [0, 0.05) is 32.1 Å². The highest BCUT2D eigenvalue weighted by molar-refractivity contribution is 5.85. The van der Waals surface area contributed by atoms with E-state index in [2.05, 4.69) is 60.5 Å². The van der Waals surface area contributed by atoms with Gasteiger partial charge in [-0.05, 0) is 18.1 Å². The molecule has 1 aliphatic heterocycles. The van der Waals surface area contributed by atoms with Crippen molar-refractivity contribution in [2.45, 2.75) is 37.4 Å². The zero-order valence-corrected chi connectivity index (χ0v) is 23.6. The van der Waals surface area contributed by atoms with Gasteiger partial charge in [0.2, 0.25) is 5.95 Å². The summed E-state index contributed by atoms with van der Waals surface area (Å²) >= 11 is 0. The van der Waals surface area contributed by atoms with Gasteiger partial charge in [-0.2, -0.15) is 9.97 Å². The van der Waals surface area contributed by atoms with Crippen LogP contribution in [0.15, 0.2) is 67.0 Å². The first-order chi connectivity index (χ1) is 20.9. The molecule has 1 aliphatic rings. The largest absolute Gasteiger partial charge is 0.387 e. The molecule has 2 aromatic heterocycles. The maximum atomic E-state index is 12.5. The minimum atomic E-state index is -1.44. The predicted molar refractivity (Wildman–Crippen MR) is 162 cm³/mol. The monoisotopic (exact) mass is 588 g/mol. The van der Waals surface area contributed by atoms with E-state index in [4.69, 9.17) is 15.9 Å². The number of anilines is 2. The van der Waals surface area contributed by atoms with Crippen LogP contribution in [-0.2, 0) is 9.53 Å². The third-order valence-corrected chi connectivity index (χ3v) is 7.14. The first kappa shape index (κ1) is 29.7. The smallest absolute Gasteiger partial charge is 0.252 e. The highest BCUT2D eigenvalue weighted by Crippen LogP contribution is 2.33. The highest BCUT2D eigenvalue weighted by Gasteiger charge is 2.47. The quantitative estimate of drug-likeness (QED) is 0.0657. The second-order valence-corrected chi connectivity index (χ2v) is 10.1. The molecule has 4 atom stereocenters. The van der Waals surface area contributed by atoms with E-state index in [9.17, 15) is 15.0 Å². The number of likely N-dealkylation sites (N-methyl/N-ethyl adjacent to an activating group) is 1. The Labute approximate surface area is 248 Å². The number of benzene rings is 2. The molecule has 0 radical (unpaired) electrons. The van der Waals surface area contributed by atoms with Crippen molar-refractivity contribution in [3.05, 3.63) is 78.1 Å². The average molecular weight is 589 g/mol. The Kier molecular flexibility index (Phi) is 9.29. The van der Waals surface area contributed by atoms with Gasteiger partial charge in [-0.1, -0.05) is 60.7 Å². The van der Waals surface area contributed by atoms with Gasteiger partial charge < -0.3 is 42.0 Å². The molecule has 9 N–H and O–H groups in total. The Morgan fingerprint density at radius 2 is 1.67 bits per heavy atom. The van der Waals surface area contributed by atoms with Gasteiger partial charge in [-0.3, -0.25) is 14.8 Å². The number of carbonyl (C=O) groups is 1. The van der Waals surface area contributed by atoms with Gasteiger partial charge in [0.05, 0.1) is 6.33 Å². The van der Waals surface area contributed by atoms with E-state index in [-0.39, 0.29) is 17.8 Å². The molecular weight excluding hydrogens is 552 g/mol. The molecular formula is C29H36N10O4. The summed E-state index contributed by atoms with van der Waals surface area (Å²) in [4.78, 5) is 26.3. The summed E-state index contributed by atoms with van der Waals surface area (Å²) in [6, 6.07) is 20.3. The zero-order valence-electron chi connectivity index (χ0n) is 23.6. The standard InChI is InChI=1S/C29H36N10O4/c1-2-32-26(42)23-21(40)22(41)27(43-23)39-16-36-20-24(37-29(38-25(20)39)34-14-13-33-28(30)31)35-15-19(17-9-5-3-6-10-17)18-11-7-4-8-12-18/h3-12,16,19,21-23,27,40-41H,2,13-15H2,1H3,(H,32,42)(H4,30,31,33)(H2,34,35,37,38)/t21-,22+,23-,27+/m0/s1. The lowest BCUT2D eigenvalue weighted by Crippen LogP contribution is -2.42. The van der Waals surface area contributed by atoms with Crippen molar-refractivity contribution in [2.75, 3.05) is 36.8 Å². The van der Waals surface area contributed by atoms with E-state index in [1.165, 1.54) is 10.9 Å². The van der Waals surface area contributed by atoms with Crippen molar-refractivity contribution < 1.29 is 19.7 Å². The molecule has 1 saturated heterocycles. The maximum Gasteiger partial charge on any atom is 0.252 e. The number of aliphatic hydroxyl groups is 2. The number of guanidine groups is 1. The molecule has 5 rings (SSSR count). The van der Waals surface area contributed by atoms with Crippen LogP contribution in [-0.4, -0.2) is 86.1 Å². The number of nitrogens with one attached hydrogen (secondary N) is 5. The Bertz CT molecular complexity index is 1500. The van der Waals surface area contributed by atoms with E-state index in [1.54, 1.807) is 6.92 Å². The fourth-order valence-corrected chi connectivity index (χ4v) is 5.05. The Morgan fingerprint density at radius 3 is 2.30 bits per heavy atom. The van der Waals surface area contributed by atoms with Gasteiger partial charge in [-0.25, -0.2) is 4.98 Å². The van der Waals surface area contributed by atoms with E-state index in [0.717, 1.165) is 11.1 Å². The molecule has 14 nitrogen and oxygen atoms in total. The van der Waals surface area contributed by atoms with Gasteiger partial charge >= 0.3 is 0 Å². The van der Waals surface area contributed by atoms with Crippen LogP contribution < -0.4 is 27.0 Å². The van der Waals surface area contributed by atoms with Crippen LogP contribution in [0.2, 0.25) is 0 Å². The fraction of sp³-hybridized carbons (Fsp3) is 0.345. The number of hydrogen-bond donors (Lipinski definition) is 8. The summed E-state index contributed by atoms with van der Waals surface area (Å²) in [6.45, 7) is 3.30.